The topological polar surface area (TPSA) is 56.1 Å². The van der Waals surface area contributed by atoms with Gasteiger partial charge in [0.05, 0.1) is 25.0 Å². The van der Waals surface area contributed by atoms with Crippen molar-refractivity contribution in [2.45, 2.75) is 39.2 Å². The van der Waals surface area contributed by atoms with Crippen LogP contribution in [0.1, 0.15) is 32.6 Å². The lowest BCUT2D eigenvalue weighted by Gasteiger charge is -2.29. The van der Waals surface area contributed by atoms with E-state index < -0.39 is 0 Å². The van der Waals surface area contributed by atoms with Gasteiger partial charge in [-0.1, -0.05) is 37.8 Å². The zero-order valence-corrected chi connectivity index (χ0v) is 13.5. The number of hydrogen-bond donors (Lipinski definition) is 1. The molecule has 0 aliphatic heterocycles. The molecule has 0 bridgehead atoms. The van der Waals surface area contributed by atoms with Gasteiger partial charge in [0.1, 0.15) is 5.02 Å². The fraction of sp³-hybridized carbons (Fsp3) is 0.733. The summed E-state index contributed by atoms with van der Waals surface area (Å²) < 4.78 is 6.28. The molecule has 1 fully saturated rings. The third-order valence-corrected chi connectivity index (χ3v) is 4.70. The minimum Gasteiger partial charge on any atom is -0.383 e. The summed E-state index contributed by atoms with van der Waals surface area (Å²) in [4.78, 5) is 12.1. The molecule has 118 valence electrons. The van der Waals surface area contributed by atoms with Gasteiger partial charge in [0.25, 0.3) is 5.56 Å². The molecule has 0 spiro atoms. The number of methoxy groups -OCH3 is 1. The quantitative estimate of drug-likeness (QED) is 0.877. The van der Waals surface area contributed by atoms with Gasteiger partial charge in [0, 0.05) is 13.7 Å². The van der Waals surface area contributed by atoms with E-state index in [2.05, 4.69) is 17.3 Å². The Kier molecular flexibility index (Phi) is 6.06. The normalized spacial score (nSPS) is 22.2. The standard InChI is InChI=1S/C15H24ClN3O2/c1-11-5-3-4-6-12(11)9-17-13-10-18-19(7-8-21-2)15(20)14(13)16/h10-12,17H,3-9H2,1-2H3. The zero-order valence-electron chi connectivity index (χ0n) is 12.8. The molecular weight excluding hydrogens is 290 g/mol. The Balaban J connectivity index is 2.00. The van der Waals surface area contributed by atoms with E-state index in [1.165, 1.54) is 30.4 Å². The Bertz CT molecular complexity index is 518. The van der Waals surface area contributed by atoms with Crippen LogP contribution in [0, 0.1) is 11.8 Å². The van der Waals surface area contributed by atoms with Crippen LogP contribution in [0.15, 0.2) is 11.0 Å². The second kappa shape index (κ2) is 7.80. The first-order valence-corrected chi connectivity index (χ1v) is 7.99. The Labute approximate surface area is 130 Å². The molecule has 2 unspecified atom stereocenters. The zero-order chi connectivity index (χ0) is 15.2. The van der Waals surface area contributed by atoms with Crippen molar-refractivity contribution in [3.05, 3.63) is 21.6 Å². The molecule has 5 nitrogen and oxygen atoms in total. The van der Waals surface area contributed by atoms with E-state index in [0.29, 0.717) is 24.8 Å². The van der Waals surface area contributed by atoms with Crippen LogP contribution in [0.3, 0.4) is 0 Å². The highest BCUT2D eigenvalue weighted by Gasteiger charge is 2.21. The molecule has 1 aromatic heterocycles. The summed E-state index contributed by atoms with van der Waals surface area (Å²) in [7, 11) is 1.59. The van der Waals surface area contributed by atoms with Crippen LogP contribution >= 0.6 is 11.6 Å². The van der Waals surface area contributed by atoms with Crippen molar-refractivity contribution >= 4 is 17.3 Å². The third kappa shape index (κ3) is 4.20. The Morgan fingerprint density at radius 2 is 2.24 bits per heavy atom. The number of halogens is 1. The van der Waals surface area contributed by atoms with Gasteiger partial charge in [-0.25, -0.2) is 4.68 Å². The summed E-state index contributed by atoms with van der Waals surface area (Å²) in [5.41, 5.74) is 0.364. The van der Waals surface area contributed by atoms with Gasteiger partial charge in [0.15, 0.2) is 0 Å². The van der Waals surface area contributed by atoms with Gasteiger partial charge in [0.2, 0.25) is 0 Å². The molecule has 0 radical (unpaired) electrons. The molecule has 6 heteroatoms. The molecule has 1 N–H and O–H groups in total. The molecule has 0 aromatic carbocycles. The summed E-state index contributed by atoms with van der Waals surface area (Å²) in [5.74, 6) is 1.37. The number of anilines is 1. The number of nitrogens with zero attached hydrogens (tertiary/aromatic N) is 2. The summed E-state index contributed by atoms with van der Waals surface area (Å²) >= 11 is 6.15. The predicted molar refractivity (Wildman–Crippen MR) is 85.0 cm³/mol. The summed E-state index contributed by atoms with van der Waals surface area (Å²) in [5, 5.41) is 7.65. The molecule has 1 saturated carbocycles. The molecule has 0 saturated heterocycles. The largest absolute Gasteiger partial charge is 0.383 e. The van der Waals surface area contributed by atoms with Crippen LogP contribution in [0.5, 0.6) is 0 Å². The van der Waals surface area contributed by atoms with Crippen molar-refractivity contribution in [1.82, 2.24) is 9.78 Å². The minimum absolute atomic E-state index is 0.213. The molecule has 1 aliphatic rings. The molecular formula is C15H24ClN3O2. The van der Waals surface area contributed by atoms with E-state index in [0.717, 1.165) is 12.5 Å². The number of aromatic nitrogens is 2. The van der Waals surface area contributed by atoms with Crippen LogP contribution in [-0.2, 0) is 11.3 Å². The lowest BCUT2D eigenvalue weighted by atomic mass is 9.80. The maximum atomic E-state index is 12.1. The van der Waals surface area contributed by atoms with Crippen molar-refractivity contribution in [2.75, 3.05) is 25.6 Å². The SMILES string of the molecule is COCCn1ncc(NCC2CCCCC2C)c(Cl)c1=O. The molecule has 1 aromatic rings. The highest BCUT2D eigenvalue weighted by molar-refractivity contribution is 6.32. The first-order chi connectivity index (χ1) is 10.1. The molecule has 2 rings (SSSR count). The molecule has 1 heterocycles. The van der Waals surface area contributed by atoms with Crippen LogP contribution in [0.4, 0.5) is 5.69 Å². The lowest BCUT2D eigenvalue weighted by molar-refractivity contribution is 0.182. The lowest BCUT2D eigenvalue weighted by Crippen LogP contribution is -2.28. The second-order valence-corrected chi connectivity index (χ2v) is 6.17. The first kappa shape index (κ1) is 16.3. The first-order valence-electron chi connectivity index (χ1n) is 7.62. The predicted octanol–water partition coefficient (Wildman–Crippen LogP) is 2.78. The Morgan fingerprint density at radius 1 is 1.48 bits per heavy atom. The minimum atomic E-state index is -0.268. The molecule has 2 atom stereocenters. The van der Waals surface area contributed by atoms with Crippen molar-refractivity contribution in [1.29, 1.82) is 0 Å². The third-order valence-electron chi connectivity index (χ3n) is 4.34. The average Bonchev–Trinajstić information content (AvgIpc) is 2.49. The van der Waals surface area contributed by atoms with Crippen LogP contribution in [0.25, 0.3) is 0 Å². The van der Waals surface area contributed by atoms with Crippen molar-refractivity contribution in [3.63, 3.8) is 0 Å². The van der Waals surface area contributed by atoms with Gasteiger partial charge in [-0.15, -0.1) is 0 Å². The van der Waals surface area contributed by atoms with E-state index in [1.54, 1.807) is 13.3 Å². The van der Waals surface area contributed by atoms with Crippen molar-refractivity contribution < 1.29 is 4.74 Å². The maximum Gasteiger partial charge on any atom is 0.287 e. The van der Waals surface area contributed by atoms with Crippen LogP contribution < -0.4 is 10.9 Å². The molecule has 1 aliphatic carbocycles. The monoisotopic (exact) mass is 313 g/mol. The summed E-state index contributed by atoms with van der Waals surface area (Å²) in [6.45, 7) is 4.00. The van der Waals surface area contributed by atoms with Crippen molar-refractivity contribution in [2.24, 2.45) is 11.8 Å². The second-order valence-electron chi connectivity index (χ2n) is 5.80. The highest BCUT2D eigenvalue weighted by Crippen LogP contribution is 2.30. The van der Waals surface area contributed by atoms with E-state index in [1.807, 2.05) is 0 Å². The van der Waals surface area contributed by atoms with Gasteiger partial charge >= 0.3 is 0 Å². The van der Waals surface area contributed by atoms with E-state index >= 15 is 0 Å². The van der Waals surface area contributed by atoms with Crippen LogP contribution in [-0.4, -0.2) is 30.0 Å². The van der Waals surface area contributed by atoms with E-state index in [-0.39, 0.29) is 10.6 Å². The summed E-state index contributed by atoms with van der Waals surface area (Å²) in [6, 6.07) is 0. The Hall–Kier alpha value is -1.07. The number of ether oxygens (including phenoxy) is 1. The fourth-order valence-corrected chi connectivity index (χ4v) is 3.08. The average molecular weight is 314 g/mol. The molecule has 0 amide bonds. The highest BCUT2D eigenvalue weighted by atomic mass is 35.5. The number of rotatable bonds is 6. The van der Waals surface area contributed by atoms with Gasteiger partial charge < -0.3 is 10.1 Å². The smallest absolute Gasteiger partial charge is 0.287 e. The van der Waals surface area contributed by atoms with Crippen molar-refractivity contribution in [3.8, 4) is 0 Å². The van der Waals surface area contributed by atoms with E-state index in [4.69, 9.17) is 16.3 Å². The van der Waals surface area contributed by atoms with Crippen LogP contribution in [0.2, 0.25) is 5.02 Å². The fourth-order valence-electron chi connectivity index (χ4n) is 2.86. The number of nitrogens with one attached hydrogen (secondary N) is 1. The molecule has 21 heavy (non-hydrogen) atoms. The van der Waals surface area contributed by atoms with Gasteiger partial charge in [-0.05, 0) is 18.3 Å². The van der Waals surface area contributed by atoms with Gasteiger partial charge in [-0.2, -0.15) is 5.10 Å². The van der Waals surface area contributed by atoms with Gasteiger partial charge in [-0.3, -0.25) is 4.79 Å². The maximum absolute atomic E-state index is 12.1. The Morgan fingerprint density at radius 3 is 2.95 bits per heavy atom. The summed E-state index contributed by atoms with van der Waals surface area (Å²) in [6.07, 6.45) is 6.78. The van der Waals surface area contributed by atoms with E-state index in [9.17, 15) is 4.79 Å². The number of hydrogen-bond acceptors (Lipinski definition) is 4.